The fraction of sp³-hybridized carbons (Fsp3) is 0.143. The van der Waals surface area contributed by atoms with Crippen molar-refractivity contribution >= 4 is 35.0 Å². The zero-order valence-electron chi connectivity index (χ0n) is 17.8. The summed E-state index contributed by atoms with van der Waals surface area (Å²) >= 11 is 0. The van der Waals surface area contributed by atoms with E-state index in [9.17, 15) is 4.79 Å². The van der Waals surface area contributed by atoms with Crippen LogP contribution >= 0.6 is 0 Å². The van der Waals surface area contributed by atoms with Crippen molar-refractivity contribution in [3.05, 3.63) is 72.1 Å². The van der Waals surface area contributed by atoms with Gasteiger partial charge in [-0.25, -0.2) is 15.2 Å². The summed E-state index contributed by atoms with van der Waals surface area (Å²) in [5.74, 6) is 0.527. The summed E-state index contributed by atoms with van der Waals surface area (Å²) < 4.78 is 0. The van der Waals surface area contributed by atoms with E-state index >= 15 is 0 Å². The van der Waals surface area contributed by atoms with E-state index in [1.54, 1.807) is 31.5 Å². The molecule has 0 aliphatic heterocycles. The van der Waals surface area contributed by atoms with Crippen molar-refractivity contribution in [2.75, 3.05) is 16.1 Å². The number of hydrogen-bond acceptors (Lipinski definition) is 6. The minimum absolute atomic E-state index is 0.0282. The summed E-state index contributed by atoms with van der Waals surface area (Å²) in [6.07, 6.45) is 3.40. The topological polar surface area (TPSA) is 171 Å². The summed E-state index contributed by atoms with van der Waals surface area (Å²) in [4.78, 5) is 19.3. The molecule has 3 rings (SSSR count). The fourth-order valence-corrected chi connectivity index (χ4v) is 2.73. The Morgan fingerprint density at radius 3 is 2.19 bits per heavy atom. The van der Waals surface area contributed by atoms with Gasteiger partial charge in [-0.15, -0.1) is 5.10 Å². The maximum atomic E-state index is 12.3. The van der Waals surface area contributed by atoms with E-state index in [1.165, 1.54) is 0 Å². The van der Waals surface area contributed by atoms with Crippen LogP contribution in [-0.4, -0.2) is 27.7 Å². The van der Waals surface area contributed by atoms with Gasteiger partial charge in [-0.1, -0.05) is 24.3 Å². The molecule has 11 heteroatoms. The number of imidazole rings is 1. The molecule has 1 unspecified atom stereocenters. The second-order valence-corrected chi connectivity index (χ2v) is 6.92. The van der Waals surface area contributed by atoms with Gasteiger partial charge in [0.25, 0.3) is 0 Å². The lowest BCUT2D eigenvalue weighted by atomic mass is 10.1. The number of urea groups is 1. The quantitative estimate of drug-likeness (QED) is 0.163. The van der Waals surface area contributed by atoms with Crippen LogP contribution in [0.15, 0.2) is 71.1 Å². The predicted molar refractivity (Wildman–Crippen MR) is 127 cm³/mol. The van der Waals surface area contributed by atoms with Crippen molar-refractivity contribution in [3.8, 4) is 0 Å². The third kappa shape index (κ3) is 6.57. The number of amides is 2. The number of carbonyl (C=O) groups is 1. The van der Waals surface area contributed by atoms with E-state index in [2.05, 4.69) is 41.7 Å². The fourth-order valence-electron chi connectivity index (χ4n) is 2.73. The lowest BCUT2D eigenvalue weighted by molar-refractivity contribution is 0.262. The van der Waals surface area contributed by atoms with Crippen molar-refractivity contribution in [2.45, 2.75) is 19.9 Å². The highest BCUT2D eigenvalue weighted by Crippen LogP contribution is 2.17. The molecule has 32 heavy (non-hydrogen) atoms. The number of nitrogens with zero attached hydrogens (tertiary/aromatic N) is 3. The van der Waals surface area contributed by atoms with Gasteiger partial charge in [-0.3, -0.25) is 5.43 Å². The molecular weight excluding hydrogens is 408 g/mol. The van der Waals surface area contributed by atoms with Crippen LogP contribution in [-0.2, 0) is 0 Å². The first-order valence-electron chi connectivity index (χ1n) is 9.83. The number of H-pyrrole nitrogens is 1. The number of carbonyl (C=O) groups excluding carboxylic acids is 1. The number of guanidine groups is 1. The molecule has 11 nitrogen and oxygen atoms in total. The average molecular weight is 435 g/mol. The SMILES string of the molecule is CC(=NN=C(N)N)c1ccc(NC(=O)Nc2ccc(C(C)NNc3ncc[nH]3)cc2)cc1. The number of hydrazine groups is 1. The van der Waals surface area contributed by atoms with E-state index in [4.69, 9.17) is 11.5 Å². The van der Waals surface area contributed by atoms with Crippen LogP contribution in [0.4, 0.5) is 22.1 Å². The molecule has 9 N–H and O–H groups in total. The Morgan fingerprint density at radius 1 is 1.00 bits per heavy atom. The molecule has 1 atom stereocenters. The van der Waals surface area contributed by atoms with Gasteiger partial charge in [0.05, 0.1) is 5.71 Å². The van der Waals surface area contributed by atoms with Gasteiger partial charge in [-0.05, 0) is 49.2 Å². The molecule has 0 fully saturated rings. The average Bonchev–Trinajstić information content (AvgIpc) is 3.30. The maximum absolute atomic E-state index is 12.3. The lowest BCUT2D eigenvalue weighted by Gasteiger charge is -2.15. The second-order valence-electron chi connectivity index (χ2n) is 6.92. The minimum Gasteiger partial charge on any atom is -0.369 e. The van der Waals surface area contributed by atoms with Gasteiger partial charge < -0.3 is 27.1 Å². The normalized spacial score (nSPS) is 12.0. The summed E-state index contributed by atoms with van der Waals surface area (Å²) in [6.45, 7) is 3.80. The van der Waals surface area contributed by atoms with Crippen LogP contribution in [0, 0.1) is 0 Å². The molecule has 0 saturated heterocycles. The Morgan fingerprint density at radius 2 is 1.62 bits per heavy atom. The zero-order chi connectivity index (χ0) is 22.9. The Balaban J connectivity index is 1.51. The van der Waals surface area contributed by atoms with Crippen LogP contribution < -0.4 is 33.0 Å². The van der Waals surface area contributed by atoms with Gasteiger partial charge in [-0.2, -0.15) is 5.10 Å². The van der Waals surface area contributed by atoms with Crippen molar-refractivity contribution in [3.63, 3.8) is 0 Å². The first kappa shape index (κ1) is 22.3. The highest BCUT2D eigenvalue weighted by Gasteiger charge is 2.07. The first-order chi connectivity index (χ1) is 15.4. The number of nitrogens with two attached hydrogens (primary N) is 2. The van der Waals surface area contributed by atoms with Crippen LogP contribution in [0.1, 0.15) is 31.0 Å². The number of nitrogens with one attached hydrogen (secondary N) is 5. The van der Waals surface area contributed by atoms with E-state index in [0.29, 0.717) is 23.0 Å². The molecule has 0 saturated carbocycles. The molecule has 0 bridgehead atoms. The lowest BCUT2D eigenvalue weighted by Crippen LogP contribution is -2.25. The summed E-state index contributed by atoms with van der Waals surface area (Å²) in [5.41, 5.74) is 20.5. The summed E-state index contributed by atoms with van der Waals surface area (Å²) in [7, 11) is 0. The maximum Gasteiger partial charge on any atom is 0.323 e. The Hall–Kier alpha value is -4.38. The van der Waals surface area contributed by atoms with Crippen LogP contribution in [0.3, 0.4) is 0 Å². The van der Waals surface area contributed by atoms with Crippen molar-refractivity contribution in [2.24, 2.45) is 21.7 Å². The van der Waals surface area contributed by atoms with Gasteiger partial charge in [0.2, 0.25) is 11.9 Å². The minimum atomic E-state index is -0.345. The predicted octanol–water partition coefficient (Wildman–Crippen LogP) is 2.73. The Kier molecular flexibility index (Phi) is 7.38. The molecule has 0 aliphatic rings. The molecule has 0 radical (unpaired) electrons. The molecule has 2 amide bonds. The van der Waals surface area contributed by atoms with E-state index in [0.717, 1.165) is 11.1 Å². The second kappa shape index (κ2) is 10.6. The number of rotatable bonds is 8. The first-order valence-corrected chi connectivity index (χ1v) is 9.83. The summed E-state index contributed by atoms with van der Waals surface area (Å²) in [5, 5.41) is 13.2. The van der Waals surface area contributed by atoms with E-state index in [-0.39, 0.29) is 18.0 Å². The third-order valence-electron chi connectivity index (χ3n) is 4.45. The highest BCUT2D eigenvalue weighted by atomic mass is 16.2. The molecule has 0 spiro atoms. The smallest absolute Gasteiger partial charge is 0.323 e. The van der Waals surface area contributed by atoms with Crippen molar-refractivity contribution in [1.82, 2.24) is 15.4 Å². The highest BCUT2D eigenvalue weighted by molar-refractivity contribution is 6.01. The number of hydrogen-bond donors (Lipinski definition) is 7. The summed E-state index contributed by atoms with van der Waals surface area (Å²) in [6, 6.07) is 14.4. The van der Waals surface area contributed by atoms with Crippen molar-refractivity contribution in [1.29, 1.82) is 0 Å². The van der Waals surface area contributed by atoms with E-state index in [1.807, 2.05) is 43.3 Å². The van der Waals surface area contributed by atoms with Gasteiger partial charge >= 0.3 is 6.03 Å². The van der Waals surface area contributed by atoms with Crippen LogP contribution in [0.25, 0.3) is 0 Å². The standard InChI is InChI=1S/C21H26N10O/c1-13(28-30-19(22)23)15-3-7-17(8-4-15)26-21(32)27-18-9-5-16(6-10-18)14(2)29-31-20-24-11-12-25-20/h3-12,14,29H,1-2H3,(H4,22,23,30)(H2,24,25,31)(H2,26,27,32). The van der Waals surface area contributed by atoms with E-state index < -0.39 is 0 Å². The van der Waals surface area contributed by atoms with Crippen molar-refractivity contribution < 1.29 is 4.79 Å². The number of aromatic amines is 1. The van der Waals surface area contributed by atoms with Crippen LogP contribution in [0.5, 0.6) is 0 Å². The van der Waals surface area contributed by atoms with Crippen LogP contribution in [0.2, 0.25) is 0 Å². The van der Waals surface area contributed by atoms with Gasteiger partial charge in [0.15, 0.2) is 0 Å². The number of benzene rings is 2. The molecule has 0 aliphatic carbocycles. The third-order valence-corrected chi connectivity index (χ3v) is 4.45. The van der Waals surface area contributed by atoms with Gasteiger partial charge in [0.1, 0.15) is 0 Å². The number of anilines is 3. The molecular formula is C21H26N10O. The molecule has 1 aromatic heterocycles. The molecule has 166 valence electrons. The number of aromatic nitrogens is 2. The molecule has 3 aromatic rings. The molecule has 2 aromatic carbocycles. The Bertz CT molecular complexity index is 1070. The van der Waals surface area contributed by atoms with Gasteiger partial charge in [0, 0.05) is 29.8 Å². The molecule has 1 heterocycles. The largest absolute Gasteiger partial charge is 0.369 e. The zero-order valence-corrected chi connectivity index (χ0v) is 17.8. The Labute approximate surface area is 185 Å². The monoisotopic (exact) mass is 434 g/mol.